The second-order valence-electron chi connectivity index (χ2n) is 5.93. The van der Waals surface area contributed by atoms with Crippen LogP contribution in [0.15, 0.2) is 12.2 Å². The molecule has 7 heteroatoms. The van der Waals surface area contributed by atoms with Crippen LogP contribution in [0.2, 0.25) is 0 Å². The summed E-state index contributed by atoms with van der Waals surface area (Å²) in [5.41, 5.74) is 5.43. The predicted molar refractivity (Wildman–Crippen MR) is 79.9 cm³/mol. The summed E-state index contributed by atoms with van der Waals surface area (Å²) in [6, 6.07) is -0.270. The molecule has 1 aliphatic heterocycles. The fraction of sp³-hybridized carbons (Fsp3) is 0.600. The number of primary amides is 1. The van der Waals surface area contributed by atoms with Crippen molar-refractivity contribution < 1.29 is 9.59 Å². The van der Waals surface area contributed by atoms with Gasteiger partial charge in [0.25, 0.3) is 5.91 Å². The number of fused-ring (bicyclic) bond motifs is 1. The molecule has 2 heterocycles. The SMILES string of the molecule is NC(=O)[C@@H]1CC=CC[C@H]1NC(=O)c1nnc2n1CCCCC2. The van der Waals surface area contributed by atoms with Crippen LogP contribution in [0.25, 0.3) is 0 Å². The van der Waals surface area contributed by atoms with E-state index in [4.69, 9.17) is 5.73 Å². The molecule has 0 saturated heterocycles. The van der Waals surface area contributed by atoms with Crippen molar-refractivity contribution in [2.24, 2.45) is 11.7 Å². The Labute approximate surface area is 129 Å². The summed E-state index contributed by atoms with van der Waals surface area (Å²) in [7, 11) is 0. The second kappa shape index (κ2) is 6.29. The molecule has 0 aromatic carbocycles. The first-order valence-electron chi connectivity index (χ1n) is 7.84. The van der Waals surface area contributed by atoms with Gasteiger partial charge in [0.05, 0.1) is 5.92 Å². The van der Waals surface area contributed by atoms with Crippen LogP contribution in [0.1, 0.15) is 48.5 Å². The Kier molecular flexibility index (Phi) is 4.22. The minimum absolute atomic E-state index is 0.270. The fourth-order valence-corrected chi connectivity index (χ4v) is 3.17. The fourth-order valence-electron chi connectivity index (χ4n) is 3.17. The lowest BCUT2D eigenvalue weighted by atomic mass is 9.88. The predicted octanol–water partition coefficient (Wildman–Crippen LogP) is 0.554. The van der Waals surface area contributed by atoms with E-state index in [2.05, 4.69) is 15.5 Å². The van der Waals surface area contributed by atoms with Crippen LogP contribution in [-0.2, 0) is 17.8 Å². The van der Waals surface area contributed by atoms with Gasteiger partial charge in [-0.05, 0) is 25.7 Å². The lowest BCUT2D eigenvalue weighted by molar-refractivity contribution is -0.122. The van der Waals surface area contributed by atoms with Crippen LogP contribution in [0.5, 0.6) is 0 Å². The maximum atomic E-state index is 12.5. The highest BCUT2D eigenvalue weighted by Crippen LogP contribution is 2.20. The number of carbonyl (C=O) groups is 2. The largest absolute Gasteiger partial charge is 0.369 e. The highest BCUT2D eigenvalue weighted by molar-refractivity contribution is 5.91. The van der Waals surface area contributed by atoms with E-state index in [9.17, 15) is 9.59 Å². The number of aryl methyl sites for hydroxylation is 1. The molecule has 7 nitrogen and oxygen atoms in total. The van der Waals surface area contributed by atoms with Crippen LogP contribution in [0, 0.1) is 5.92 Å². The Bertz CT molecular complexity index is 607. The first-order chi connectivity index (χ1) is 10.7. The van der Waals surface area contributed by atoms with E-state index in [0.717, 1.165) is 38.1 Å². The Balaban J connectivity index is 1.76. The average Bonchev–Trinajstić information content (AvgIpc) is 2.77. The second-order valence-corrected chi connectivity index (χ2v) is 5.93. The van der Waals surface area contributed by atoms with Gasteiger partial charge in [-0.25, -0.2) is 0 Å². The number of allylic oxidation sites excluding steroid dienone is 1. The van der Waals surface area contributed by atoms with E-state index < -0.39 is 0 Å². The topological polar surface area (TPSA) is 103 Å². The maximum absolute atomic E-state index is 12.5. The van der Waals surface area contributed by atoms with Crippen molar-refractivity contribution >= 4 is 11.8 Å². The van der Waals surface area contributed by atoms with Gasteiger partial charge in [-0.1, -0.05) is 18.6 Å². The molecule has 118 valence electrons. The van der Waals surface area contributed by atoms with Crippen molar-refractivity contribution in [2.75, 3.05) is 0 Å². The number of rotatable bonds is 3. The molecular weight excluding hydrogens is 282 g/mol. The number of nitrogens with two attached hydrogens (primary N) is 1. The van der Waals surface area contributed by atoms with Gasteiger partial charge >= 0.3 is 0 Å². The molecule has 2 amide bonds. The molecule has 3 rings (SSSR count). The highest BCUT2D eigenvalue weighted by Gasteiger charge is 2.30. The summed E-state index contributed by atoms with van der Waals surface area (Å²) < 4.78 is 1.90. The third-order valence-electron chi connectivity index (χ3n) is 4.43. The van der Waals surface area contributed by atoms with E-state index in [0.29, 0.717) is 18.7 Å². The maximum Gasteiger partial charge on any atom is 0.289 e. The Morgan fingerprint density at radius 2 is 2.00 bits per heavy atom. The molecule has 0 bridgehead atoms. The molecule has 0 spiro atoms. The zero-order chi connectivity index (χ0) is 15.5. The number of nitrogens with one attached hydrogen (secondary N) is 1. The summed E-state index contributed by atoms with van der Waals surface area (Å²) in [6.45, 7) is 0.773. The molecule has 22 heavy (non-hydrogen) atoms. The van der Waals surface area contributed by atoms with Gasteiger partial charge in [-0.15, -0.1) is 10.2 Å². The van der Waals surface area contributed by atoms with Gasteiger partial charge in [-0.3, -0.25) is 9.59 Å². The van der Waals surface area contributed by atoms with Crippen LogP contribution in [0.4, 0.5) is 0 Å². The number of hydrogen-bond donors (Lipinski definition) is 2. The number of carbonyl (C=O) groups excluding carboxylic acids is 2. The quantitative estimate of drug-likeness (QED) is 0.796. The van der Waals surface area contributed by atoms with Crippen molar-refractivity contribution in [1.29, 1.82) is 0 Å². The zero-order valence-corrected chi connectivity index (χ0v) is 12.5. The van der Waals surface area contributed by atoms with Gasteiger partial charge in [0.15, 0.2) is 0 Å². The Hall–Kier alpha value is -2.18. The van der Waals surface area contributed by atoms with Crippen molar-refractivity contribution in [3.05, 3.63) is 23.8 Å². The van der Waals surface area contributed by atoms with Crippen molar-refractivity contribution in [2.45, 2.75) is 51.1 Å². The van der Waals surface area contributed by atoms with Gasteiger partial charge < -0.3 is 15.6 Å². The van der Waals surface area contributed by atoms with Crippen molar-refractivity contribution in [3.8, 4) is 0 Å². The molecule has 2 atom stereocenters. The summed E-state index contributed by atoms with van der Waals surface area (Å²) in [5.74, 6) is 0.203. The summed E-state index contributed by atoms with van der Waals surface area (Å²) in [4.78, 5) is 24.0. The molecule has 0 radical (unpaired) electrons. The van der Waals surface area contributed by atoms with E-state index in [1.54, 1.807) is 0 Å². The molecular formula is C15H21N5O2. The number of aromatic nitrogens is 3. The van der Waals surface area contributed by atoms with Crippen LogP contribution >= 0.6 is 0 Å². The van der Waals surface area contributed by atoms with E-state index in [-0.39, 0.29) is 23.8 Å². The molecule has 3 N–H and O–H groups in total. The molecule has 0 saturated carbocycles. The molecule has 0 fully saturated rings. The molecule has 2 aliphatic rings. The van der Waals surface area contributed by atoms with Gasteiger partial charge in [0, 0.05) is 19.0 Å². The molecule has 0 unspecified atom stereocenters. The van der Waals surface area contributed by atoms with Crippen molar-refractivity contribution in [1.82, 2.24) is 20.1 Å². The molecule has 1 aromatic heterocycles. The summed E-state index contributed by atoms with van der Waals surface area (Å²) in [6.07, 6.45) is 9.19. The van der Waals surface area contributed by atoms with E-state index in [1.807, 2.05) is 16.7 Å². The number of nitrogens with zero attached hydrogens (tertiary/aromatic N) is 3. The van der Waals surface area contributed by atoms with Gasteiger partial charge in [0.2, 0.25) is 11.7 Å². The Morgan fingerprint density at radius 3 is 2.82 bits per heavy atom. The van der Waals surface area contributed by atoms with E-state index in [1.165, 1.54) is 0 Å². The lowest BCUT2D eigenvalue weighted by Crippen LogP contribution is -2.46. The monoisotopic (exact) mass is 303 g/mol. The third-order valence-corrected chi connectivity index (χ3v) is 4.43. The lowest BCUT2D eigenvalue weighted by Gasteiger charge is -2.26. The van der Waals surface area contributed by atoms with Crippen LogP contribution < -0.4 is 11.1 Å². The van der Waals surface area contributed by atoms with E-state index >= 15 is 0 Å². The first kappa shape index (κ1) is 14.7. The highest BCUT2D eigenvalue weighted by atomic mass is 16.2. The summed E-state index contributed by atoms with van der Waals surface area (Å²) >= 11 is 0. The zero-order valence-electron chi connectivity index (χ0n) is 12.5. The third kappa shape index (κ3) is 2.88. The number of hydrogen-bond acceptors (Lipinski definition) is 4. The normalized spacial score (nSPS) is 24.4. The van der Waals surface area contributed by atoms with Gasteiger partial charge in [0.1, 0.15) is 5.82 Å². The first-order valence-corrected chi connectivity index (χ1v) is 7.84. The summed E-state index contributed by atoms with van der Waals surface area (Å²) in [5, 5.41) is 11.1. The van der Waals surface area contributed by atoms with Gasteiger partial charge in [-0.2, -0.15) is 0 Å². The van der Waals surface area contributed by atoms with Crippen LogP contribution in [-0.4, -0.2) is 32.6 Å². The minimum atomic E-state index is -0.380. The molecule has 1 aromatic rings. The number of amides is 2. The average molecular weight is 303 g/mol. The van der Waals surface area contributed by atoms with Crippen molar-refractivity contribution in [3.63, 3.8) is 0 Å². The molecule has 1 aliphatic carbocycles. The smallest absolute Gasteiger partial charge is 0.289 e. The standard InChI is InChI=1S/C15H21N5O2/c16-13(21)10-6-3-4-7-11(10)17-15(22)14-19-18-12-8-2-1-5-9-20(12)14/h3-4,10-11H,1-2,5-9H2,(H2,16,21)(H,17,22)/t10-,11-/m1/s1. The Morgan fingerprint density at radius 1 is 1.18 bits per heavy atom. The minimum Gasteiger partial charge on any atom is -0.369 e. The van der Waals surface area contributed by atoms with Crippen LogP contribution in [0.3, 0.4) is 0 Å².